The third-order valence-corrected chi connectivity index (χ3v) is 3.89. The lowest BCUT2D eigenvalue weighted by molar-refractivity contribution is -0.117. The summed E-state index contributed by atoms with van der Waals surface area (Å²) in [6.07, 6.45) is 1.60. The van der Waals surface area contributed by atoms with Crippen molar-refractivity contribution in [2.24, 2.45) is 4.99 Å². The molecule has 0 spiro atoms. The molecule has 2 N–H and O–H groups in total. The fourth-order valence-electron chi connectivity index (χ4n) is 2.72. The second-order valence-electron chi connectivity index (χ2n) is 6.01. The zero-order chi connectivity index (χ0) is 17.4. The lowest BCUT2D eigenvalue weighted by atomic mass is 10.2. The largest absolute Gasteiger partial charge is 0.383 e. The van der Waals surface area contributed by atoms with E-state index in [1.54, 1.807) is 7.11 Å². The van der Waals surface area contributed by atoms with Gasteiger partial charge in [-0.3, -0.25) is 4.79 Å². The van der Waals surface area contributed by atoms with Gasteiger partial charge >= 0.3 is 0 Å². The van der Waals surface area contributed by atoms with E-state index >= 15 is 0 Å². The molecule has 1 heterocycles. The fraction of sp³-hybridized carbons (Fsp3) is 0.556. The van der Waals surface area contributed by atoms with Gasteiger partial charge in [-0.05, 0) is 38.0 Å². The monoisotopic (exact) mass is 460 g/mol. The average Bonchev–Trinajstić information content (AvgIpc) is 2.99. The van der Waals surface area contributed by atoms with Gasteiger partial charge in [0.1, 0.15) is 0 Å². The maximum atomic E-state index is 11.8. The van der Waals surface area contributed by atoms with E-state index in [-0.39, 0.29) is 35.9 Å². The van der Waals surface area contributed by atoms with E-state index in [0.717, 1.165) is 36.7 Å². The number of hydrogen-bond acceptors (Lipinski definition) is 3. The predicted octanol–water partition coefficient (Wildman–Crippen LogP) is 2.52. The maximum absolute atomic E-state index is 11.8. The first-order valence-corrected chi connectivity index (χ1v) is 8.57. The summed E-state index contributed by atoms with van der Waals surface area (Å²) in [6, 6.07) is 8.26. The molecule has 1 aromatic rings. The Labute approximate surface area is 167 Å². The summed E-state index contributed by atoms with van der Waals surface area (Å²) in [6.45, 7) is 6.94. The molecule has 1 fully saturated rings. The van der Waals surface area contributed by atoms with Gasteiger partial charge in [-0.2, -0.15) is 0 Å². The number of nitrogens with zero attached hydrogens (tertiary/aromatic N) is 2. The molecule has 0 saturated carbocycles. The Hall–Kier alpha value is -1.35. The number of aliphatic imine (C=N–C) groups is 1. The van der Waals surface area contributed by atoms with Crippen molar-refractivity contribution in [3.63, 3.8) is 0 Å². The second-order valence-corrected chi connectivity index (χ2v) is 6.01. The third-order valence-electron chi connectivity index (χ3n) is 3.89. The topological polar surface area (TPSA) is 66.0 Å². The molecular weight excluding hydrogens is 431 g/mol. The number of benzene rings is 1. The normalized spacial score (nSPS) is 15.7. The van der Waals surface area contributed by atoms with Crippen LogP contribution in [0.1, 0.15) is 32.3 Å². The molecule has 1 saturated heterocycles. The summed E-state index contributed by atoms with van der Waals surface area (Å²) in [7, 11) is 1.69. The van der Waals surface area contributed by atoms with Gasteiger partial charge in [-0.25, -0.2) is 4.99 Å². The molecule has 2 rings (SSSR count). The highest BCUT2D eigenvalue weighted by molar-refractivity contribution is 14.0. The zero-order valence-corrected chi connectivity index (χ0v) is 17.6. The van der Waals surface area contributed by atoms with E-state index in [9.17, 15) is 4.79 Å². The number of amides is 1. The smallest absolute Gasteiger partial charge is 0.227 e. The van der Waals surface area contributed by atoms with Crippen LogP contribution in [0.3, 0.4) is 0 Å². The lowest BCUT2D eigenvalue weighted by Gasteiger charge is -2.17. The van der Waals surface area contributed by atoms with E-state index in [1.807, 2.05) is 36.1 Å². The highest BCUT2D eigenvalue weighted by atomic mass is 127. The van der Waals surface area contributed by atoms with Crippen molar-refractivity contribution >= 4 is 41.5 Å². The quantitative estimate of drug-likeness (QED) is 0.373. The number of ether oxygens (including phenoxy) is 1. The van der Waals surface area contributed by atoms with Gasteiger partial charge in [-0.15, -0.1) is 24.0 Å². The molecule has 6 nitrogen and oxygen atoms in total. The number of methoxy groups -OCH3 is 1. The van der Waals surface area contributed by atoms with Crippen molar-refractivity contribution in [1.29, 1.82) is 0 Å². The minimum absolute atomic E-state index is 0. The highest BCUT2D eigenvalue weighted by Gasteiger charge is 2.21. The average molecular weight is 460 g/mol. The van der Waals surface area contributed by atoms with E-state index in [4.69, 9.17) is 4.74 Å². The Bertz CT molecular complexity index is 563. The molecule has 0 bridgehead atoms. The van der Waals surface area contributed by atoms with Crippen LogP contribution in [0.5, 0.6) is 0 Å². The molecule has 25 heavy (non-hydrogen) atoms. The zero-order valence-electron chi connectivity index (χ0n) is 15.2. The molecule has 0 aromatic heterocycles. The molecule has 140 valence electrons. The second kappa shape index (κ2) is 11.3. The summed E-state index contributed by atoms with van der Waals surface area (Å²) in [5.74, 6) is 0.993. The number of carbonyl (C=O) groups excluding carboxylic acids is 1. The van der Waals surface area contributed by atoms with Crippen LogP contribution in [0.2, 0.25) is 0 Å². The van der Waals surface area contributed by atoms with Crippen LogP contribution in [0, 0.1) is 0 Å². The number of guanidine groups is 1. The maximum Gasteiger partial charge on any atom is 0.227 e. The molecule has 0 aliphatic carbocycles. The third kappa shape index (κ3) is 6.81. The van der Waals surface area contributed by atoms with Crippen LogP contribution in [0.25, 0.3) is 0 Å². The van der Waals surface area contributed by atoms with Crippen LogP contribution in [-0.2, 0) is 16.1 Å². The summed E-state index contributed by atoms with van der Waals surface area (Å²) in [4.78, 5) is 18.2. The first kappa shape index (κ1) is 21.7. The minimum Gasteiger partial charge on any atom is -0.383 e. The van der Waals surface area contributed by atoms with Gasteiger partial charge < -0.3 is 20.3 Å². The molecule has 1 unspecified atom stereocenters. The van der Waals surface area contributed by atoms with Gasteiger partial charge in [0.25, 0.3) is 0 Å². The SMILES string of the molecule is CCNC(=NCc1ccc(N2CCCC2=O)cc1)NC(C)COC.I. The van der Waals surface area contributed by atoms with Crippen molar-refractivity contribution in [2.45, 2.75) is 39.3 Å². The number of anilines is 1. The van der Waals surface area contributed by atoms with Crippen molar-refractivity contribution in [3.05, 3.63) is 29.8 Å². The summed E-state index contributed by atoms with van der Waals surface area (Å²) in [5, 5.41) is 6.55. The Kier molecular flexibility index (Phi) is 9.81. The van der Waals surface area contributed by atoms with Gasteiger partial charge in [-0.1, -0.05) is 12.1 Å². The van der Waals surface area contributed by atoms with Gasteiger partial charge in [0.05, 0.1) is 13.2 Å². The number of carbonyl (C=O) groups is 1. The van der Waals surface area contributed by atoms with Crippen LogP contribution in [0.15, 0.2) is 29.3 Å². The van der Waals surface area contributed by atoms with E-state index in [1.165, 1.54) is 0 Å². The van der Waals surface area contributed by atoms with E-state index < -0.39 is 0 Å². The van der Waals surface area contributed by atoms with Gasteiger partial charge in [0.15, 0.2) is 5.96 Å². The van der Waals surface area contributed by atoms with Crippen molar-refractivity contribution in [3.8, 4) is 0 Å². The summed E-state index contributed by atoms with van der Waals surface area (Å²) >= 11 is 0. The Morgan fingerprint density at radius 1 is 1.36 bits per heavy atom. The van der Waals surface area contributed by atoms with Crippen LogP contribution >= 0.6 is 24.0 Å². The van der Waals surface area contributed by atoms with Gasteiger partial charge in [0, 0.05) is 38.3 Å². The van der Waals surface area contributed by atoms with E-state index in [0.29, 0.717) is 19.6 Å². The minimum atomic E-state index is 0. The summed E-state index contributed by atoms with van der Waals surface area (Å²) < 4.78 is 5.14. The van der Waals surface area contributed by atoms with Crippen LogP contribution in [-0.4, -0.2) is 44.7 Å². The fourth-order valence-corrected chi connectivity index (χ4v) is 2.72. The summed E-state index contributed by atoms with van der Waals surface area (Å²) in [5.41, 5.74) is 2.09. The molecule has 1 amide bonds. The van der Waals surface area contributed by atoms with E-state index in [2.05, 4.69) is 22.5 Å². The Balaban J connectivity index is 0.00000312. The standard InChI is InChI=1S/C18H28N4O2.HI/c1-4-19-18(21-14(2)13-24-3)20-12-15-7-9-16(10-8-15)22-11-5-6-17(22)23;/h7-10,14H,4-6,11-13H2,1-3H3,(H2,19,20,21);1H. The van der Waals surface area contributed by atoms with Gasteiger partial charge in [0.2, 0.25) is 5.91 Å². The lowest BCUT2D eigenvalue weighted by Crippen LogP contribution is -2.43. The Morgan fingerprint density at radius 2 is 2.08 bits per heavy atom. The highest BCUT2D eigenvalue weighted by Crippen LogP contribution is 2.21. The first-order valence-electron chi connectivity index (χ1n) is 8.57. The number of rotatable bonds is 7. The van der Waals surface area contributed by atoms with Crippen molar-refractivity contribution in [1.82, 2.24) is 10.6 Å². The molecule has 1 aliphatic rings. The number of hydrogen-bond donors (Lipinski definition) is 2. The first-order chi connectivity index (χ1) is 11.6. The van der Waals surface area contributed by atoms with Crippen LogP contribution in [0.4, 0.5) is 5.69 Å². The molecule has 0 radical (unpaired) electrons. The number of halogens is 1. The van der Waals surface area contributed by atoms with Crippen LogP contribution < -0.4 is 15.5 Å². The predicted molar refractivity (Wildman–Crippen MR) is 113 cm³/mol. The molecule has 1 atom stereocenters. The molecular formula is C18H29IN4O2. The number of nitrogens with one attached hydrogen (secondary N) is 2. The molecule has 1 aliphatic heterocycles. The van der Waals surface area contributed by atoms with Crippen molar-refractivity contribution < 1.29 is 9.53 Å². The Morgan fingerprint density at radius 3 is 2.64 bits per heavy atom. The molecule has 1 aromatic carbocycles. The van der Waals surface area contributed by atoms with Crippen molar-refractivity contribution in [2.75, 3.05) is 31.7 Å². The molecule has 7 heteroatoms.